The van der Waals surface area contributed by atoms with Gasteiger partial charge < -0.3 is 13.9 Å². The van der Waals surface area contributed by atoms with Crippen LogP contribution in [0.3, 0.4) is 0 Å². The molecule has 1 aromatic heterocycles. The van der Waals surface area contributed by atoms with Crippen LogP contribution in [-0.4, -0.2) is 18.9 Å². The lowest BCUT2D eigenvalue weighted by Gasteiger charge is -2.07. The molecule has 7 heteroatoms. The summed E-state index contributed by atoms with van der Waals surface area (Å²) in [5.74, 6) is -0.320. The Hall–Kier alpha value is -4.68. The van der Waals surface area contributed by atoms with Crippen LogP contribution >= 0.6 is 11.6 Å². The molecule has 0 N–H and O–H groups in total. The van der Waals surface area contributed by atoms with Crippen LogP contribution in [0.1, 0.15) is 26.3 Å². The topological polar surface area (TPSA) is 65.7 Å². The number of esters is 1. The van der Waals surface area contributed by atoms with Crippen molar-refractivity contribution < 1.29 is 27.9 Å². The molecule has 0 unspecified atom stereocenters. The molecule has 38 heavy (non-hydrogen) atoms. The van der Waals surface area contributed by atoms with Gasteiger partial charge in [-0.05, 0) is 66.7 Å². The molecule has 5 aromatic rings. The highest BCUT2D eigenvalue weighted by atomic mass is 35.5. The molecular formula is C31H20ClFO5. The van der Waals surface area contributed by atoms with Crippen LogP contribution in [0.2, 0.25) is 5.02 Å². The molecule has 0 spiro atoms. The van der Waals surface area contributed by atoms with Gasteiger partial charge in [0, 0.05) is 22.1 Å². The second-order valence-electron chi connectivity index (χ2n) is 8.28. The summed E-state index contributed by atoms with van der Waals surface area (Å²) in [4.78, 5) is 26.0. The molecule has 5 nitrogen and oxygen atoms in total. The highest BCUT2D eigenvalue weighted by molar-refractivity contribution is 6.32. The molecule has 188 valence electrons. The minimum Gasteiger partial charge on any atom is -0.497 e. The molecule has 5 rings (SSSR count). The van der Waals surface area contributed by atoms with E-state index in [2.05, 4.69) is 0 Å². The Balaban J connectivity index is 1.40. The number of ketones is 1. The van der Waals surface area contributed by atoms with Crippen molar-refractivity contribution in [3.63, 3.8) is 0 Å². The predicted molar refractivity (Wildman–Crippen MR) is 144 cm³/mol. The van der Waals surface area contributed by atoms with E-state index in [0.29, 0.717) is 28.0 Å². The Morgan fingerprint density at radius 3 is 2.34 bits per heavy atom. The SMILES string of the molecule is COc1ccc2oc(-c3ccccc3)c(C(=O)Oc3ccc(C(=O)/C=C/c4c(F)cccc4Cl)cc3)c2c1. The van der Waals surface area contributed by atoms with Crippen LogP contribution in [0.4, 0.5) is 4.39 Å². The van der Waals surface area contributed by atoms with E-state index >= 15 is 0 Å². The lowest BCUT2D eigenvalue weighted by Crippen LogP contribution is -2.09. The van der Waals surface area contributed by atoms with Gasteiger partial charge in [0.2, 0.25) is 0 Å². The van der Waals surface area contributed by atoms with Crippen molar-refractivity contribution in [3.8, 4) is 22.8 Å². The number of allylic oxidation sites excluding steroid dienone is 1. The average molecular weight is 527 g/mol. The lowest BCUT2D eigenvalue weighted by molar-refractivity contribution is 0.0737. The summed E-state index contributed by atoms with van der Waals surface area (Å²) in [5.41, 5.74) is 1.95. The molecule has 0 amide bonds. The van der Waals surface area contributed by atoms with Gasteiger partial charge in [-0.1, -0.05) is 48.0 Å². The largest absolute Gasteiger partial charge is 0.497 e. The number of ether oxygens (including phenoxy) is 2. The van der Waals surface area contributed by atoms with Crippen molar-refractivity contribution in [1.82, 2.24) is 0 Å². The number of hydrogen-bond donors (Lipinski definition) is 0. The predicted octanol–water partition coefficient (Wildman–Crippen LogP) is 8.02. The summed E-state index contributed by atoms with van der Waals surface area (Å²) >= 11 is 6.01. The summed E-state index contributed by atoms with van der Waals surface area (Å²) in [6, 6.07) is 24.8. The summed E-state index contributed by atoms with van der Waals surface area (Å²) in [5, 5.41) is 0.757. The fourth-order valence-electron chi connectivity index (χ4n) is 3.97. The number of furan rings is 1. The zero-order valence-electron chi connectivity index (χ0n) is 20.1. The maximum atomic E-state index is 14.0. The zero-order chi connectivity index (χ0) is 26.6. The molecule has 0 saturated heterocycles. The minimum absolute atomic E-state index is 0.131. The molecule has 0 radical (unpaired) electrons. The monoisotopic (exact) mass is 526 g/mol. The number of hydrogen-bond acceptors (Lipinski definition) is 5. The third kappa shape index (κ3) is 5.08. The Labute approximate surface area is 222 Å². The van der Waals surface area contributed by atoms with Crippen LogP contribution in [0.15, 0.2) is 101 Å². The summed E-state index contributed by atoms with van der Waals surface area (Å²) in [6.45, 7) is 0. The van der Waals surface area contributed by atoms with Crippen molar-refractivity contribution in [2.24, 2.45) is 0 Å². The first kappa shape index (κ1) is 25.0. The Morgan fingerprint density at radius 1 is 0.895 bits per heavy atom. The summed E-state index contributed by atoms with van der Waals surface area (Å²) < 4.78 is 31.0. The van der Waals surface area contributed by atoms with E-state index in [1.807, 2.05) is 30.3 Å². The highest BCUT2D eigenvalue weighted by Gasteiger charge is 2.24. The first-order chi connectivity index (χ1) is 18.4. The third-order valence-electron chi connectivity index (χ3n) is 5.89. The van der Waals surface area contributed by atoms with E-state index in [-0.39, 0.29) is 27.7 Å². The normalized spacial score (nSPS) is 11.1. The Bertz CT molecular complexity index is 1650. The van der Waals surface area contributed by atoms with E-state index in [1.54, 1.807) is 31.4 Å². The van der Waals surface area contributed by atoms with Gasteiger partial charge in [0.1, 0.15) is 34.2 Å². The van der Waals surface area contributed by atoms with E-state index in [1.165, 1.54) is 48.6 Å². The summed E-state index contributed by atoms with van der Waals surface area (Å²) in [6.07, 6.45) is 2.57. The lowest BCUT2D eigenvalue weighted by atomic mass is 10.1. The van der Waals surface area contributed by atoms with Crippen LogP contribution in [0.25, 0.3) is 28.4 Å². The standard InChI is InChI=1S/C31H20ClFO5/c1-36-22-14-17-28-24(18-22)29(30(38-28)20-6-3-2-4-7-20)31(35)37-21-12-10-19(11-13-21)27(34)16-15-23-25(32)8-5-9-26(23)33/h2-18H,1H3/b16-15+. The van der Waals surface area contributed by atoms with Gasteiger partial charge in [0.15, 0.2) is 5.78 Å². The quantitative estimate of drug-likeness (QED) is 0.0929. The number of carbonyl (C=O) groups is 2. The van der Waals surface area contributed by atoms with Gasteiger partial charge >= 0.3 is 5.97 Å². The molecule has 4 aromatic carbocycles. The van der Waals surface area contributed by atoms with Crippen molar-refractivity contribution in [3.05, 3.63) is 125 Å². The van der Waals surface area contributed by atoms with Gasteiger partial charge in [-0.3, -0.25) is 4.79 Å². The maximum absolute atomic E-state index is 14.0. The molecule has 0 bridgehead atoms. The van der Waals surface area contributed by atoms with E-state index in [4.69, 9.17) is 25.5 Å². The van der Waals surface area contributed by atoms with Crippen molar-refractivity contribution in [2.75, 3.05) is 7.11 Å². The average Bonchev–Trinajstić information content (AvgIpc) is 3.32. The second-order valence-corrected chi connectivity index (χ2v) is 8.69. The zero-order valence-corrected chi connectivity index (χ0v) is 20.9. The summed E-state index contributed by atoms with van der Waals surface area (Å²) in [7, 11) is 1.54. The second kappa shape index (κ2) is 10.7. The molecule has 0 aliphatic heterocycles. The van der Waals surface area contributed by atoms with Crippen LogP contribution in [0, 0.1) is 5.82 Å². The van der Waals surface area contributed by atoms with Gasteiger partial charge in [-0.25, -0.2) is 9.18 Å². The molecule has 0 atom stereocenters. The molecule has 0 aliphatic carbocycles. The van der Waals surface area contributed by atoms with Gasteiger partial charge in [0.25, 0.3) is 0 Å². The van der Waals surface area contributed by atoms with Crippen LogP contribution in [-0.2, 0) is 0 Å². The fourth-order valence-corrected chi connectivity index (χ4v) is 4.20. The molecule has 0 fully saturated rings. The van der Waals surface area contributed by atoms with Crippen LogP contribution < -0.4 is 9.47 Å². The van der Waals surface area contributed by atoms with Crippen molar-refractivity contribution >= 4 is 40.4 Å². The molecular weight excluding hydrogens is 507 g/mol. The molecule has 1 heterocycles. The van der Waals surface area contributed by atoms with E-state index in [0.717, 1.165) is 5.56 Å². The van der Waals surface area contributed by atoms with Gasteiger partial charge in [-0.15, -0.1) is 0 Å². The minimum atomic E-state index is -0.621. The maximum Gasteiger partial charge on any atom is 0.348 e. The Kier molecular flexibility index (Phi) is 7.07. The number of rotatable bonds is 7. The van der Waals surface area contributed by atoms with Gasteiger partial charge in [0.05, 0.1) is 12.1 Å². The number of halogens is 2. The van der Waals surface area contributed by atoms with Gasteiger partial charge in [-0.2, -0.15) is 0 Å². The highest BCUT2D eigenvalue weighted by Crippen LogP contribution is 2.36. The Morgan fingerprint density at radius 2 is 1.63 bits per heavy atom. The van der Waals surface area contributed by atoms with Crippen LogP contribution in [0.5, 0.6) is 11.5 Å². The first-order valence-corrected chi connectivity index (χ1v) is 12.0. The number of benzene rings is 4. The number of methoxy groups -OCH3 is 1. The molecule has 0 saturated carbocycles. The molecule has 0 aliphatic rings. The first-order valence-electron chi connectivity index (χ1n) is 11.6. The number of fused-ring (bicyclic) bond motifs is 1. The van der Waals surface area contributed by atoms with E-state index in [9.17, 15) is 14.0 Å². The fraction of sp³-hybridized carbons (Fsp3) is 0.0323. The van der Waals surface area contributed by atoms with E-state index < -0.39 is 11.8 Å². The smallest absolute Gasteiger partial charge is 0.348 e. The third-order valence-corrected chi connectivity index (χ3v) is 6.22. The van der Waals surface area contributed by atoms with Crippen molar-refractivity contribution in [2.45, 2.75) is 0 Å². The number of carbonyl (C=O) groups excluding carboxylic acids is 2. The van der Waals surface area contributed by atoms with Crippen molar-refractivity contribution in [1.29, 1.82) is 0 Å².